The minimum Gasteiger partial charge on any atom is -0.508 e. The first-order valence-electron chi connectivity index (χ1n) is 8.87. The van der Waals surface area contributed by atoms with Crippen LogP contribution in [0.4, 0.5) is 0 Å². The molecular formula is C21H35NO2. The minimum atomic E-state index is 0.231. The van der Waals surface area contributed by atoms with E-state index in [9.17, 15) is 5.11 Å². The highest BCUT2D eigenvalue weighted by Gasteiger charge is 2.07. The van der Waals surface area contributed by atoms with Crippen LogP contribution in [0.1, 0.15) is 58.2 Å². The molecule has 0 bridgehead atoms. The van der Waals surface area contributed by atoms with E-state index in [4.69, 9.17) is 10.5 Å². The highest BCUT2D eigenvalue weighted by Crippen LogP contribution is 2.30. The Labute approximate surface area is 148 Å². The number of hydrogen-bond acceptors (Lipinski definition) is 3. The van der Waals surface area contributed by atoms with Gasteiger partial charge < -0.3 is 15.6 Å². The molecule has 136 valence electrons. The van der Waals surface area contributed by atoms with Crippen LogP contribution in [0.25, 0.3) is 0 Å². The number of aromatic hydroxyl groups is 1. The van der Waals surface area contributed by atoms with Crippen LogP contribution in [0.15, 0.2) is 36.4 Å². The Morgan fingerprint density at radius 2 is 1.25 bits per heavy atom. The molecule has 3 N–H and O–H groups in total. The van der Waals surface area contributed by atoms with Crippen LogP contribution >= 0.6 is 0 Å². The Bertz CT molecular complexity index is 525. The lowest BCUT2D eigenvalue weighted by molar-refractivity contribution is 0.461. The van der Waals surface area contributed by atoms with Crippen molar-refractivity contribution in [2.45, 2.75) is 61.9 Å². The van der Waals surface area contributed by atoms with Crippen molar-refractivity contribution in [3.8, 4) is 17.2 Å². The topological polar surface area (TPSA) is 55.5 Å². The second-order valence-corrected chi connectivity index (χ2v) is 4.36. The van der Waals surface area contributed by atoms with Gasteiger partial charge in [-0.1, -0.05) is 53.7 Å². The standard InChI is InChI=1S/C15H17NO2.3C2H6/c1-10-7-12(9-16)8-11(2)15(10)18-14-5-3-13(17)4-6-14;3*1-2/h3-8,17H,9,16H2,1-2H3;3*1-2H3. The smallest absolute Gasteiger partial charge is 0.133 e. The number of phenolic OH excluding ortho intramolecular Hbond substituents is 1. The summed E-state index contributed by atoms with van der Waals surface area (Å²) >= 11 is 0. The summed E-state index contributed by atoms with van der Waals surface area (Å²) in [6.45, 7) is 16.5. The average molecular weight is 334 g/mol. The van der Waals surface area contributed by atoms with Crippen LogP contribution in [-0.4, -0.2) is 5.11 Å². The molecular weight excluding hydrogens is 298 g/mol. The Kier molecular flexibility index (Phi) is 14.7. The number of benzene rings is 2. The quantitative estimate of drug-likeness (QED) is 0.689. The Balaban J connectivity index is 0. The molecule has 0 fully saturated rings. The largest absolute Gasteiger partial charge is 0.508 e. The maximum Gasteiger partial charge on any atom is 0.133 e. The Morgan fingerprint density at radius 1 is 0.833 bits per heavy atom. The first kappa shape index (κ1) is 24.3. The number of nitrogens with two attached hydrogens (primary N) is 1. The fraction of sp³-hybridized carbons (Fsp3) is 0.429. The third-order valence-electron chi connectivity index (χ3n) is 2.81. The molecule has 0 unspecified atom stereocenters. The molecule has 24 heavy (non-hydrogen) atoms. The summed E-state index contributed by atoms with van der Waals surface area (Å²) in [4.78, 5) is 0. The normalized spacial score (nSPS) is 8.54. The molecule has 3 heteroatoms. The fourth-order valence-electron chi connectivity index (χ4n) is 1.95. The van der Waals surface area contributed by atoms with Crippen LogP contribution in [0, 0.1) is 13.8 Å². The first-order valence-corrected chi connectivity index (χ1v) is 8.87. The van der Waals surface area contributed by atoms with Crippen molar-refractivity contribution in [3.05, 3.63) is 53.1 Å². The number of hydrogen-bond donors (Lipinski definition) is 2. The molecule has 0 amide bonds. The highest BCUT2D eigenvalue weighted by molar-refractivity contribution is 5.46. The molecule has 0 heterocycles. The average Bonchev–Trinajstić information content (AvgIpc) is 2.64. The molecule has 0 aromatic heterocycles. The zero-order chi connectivity index (χ0) is 19.1. The second-order valence-electron chi connectivity index (χ2n) is 4.36. The maximum absolute atomic E-state index is 9.23. The first-order chi connectivity index (χ1) is 11.6. The van der Waals surface area contributed by atoms with Crippen molar-refractivity contribution in [3.63, 3.8) is 0 Å². The van der Waals surface area contributed by atoms with Gasteiger partial charge in [0.15, 0.2) is 0 Å². The molecule has 0 aliphatic carbocycles. The summed E-state index contributed by atoms with van der Waals surface area (Å²) in [5, 5.41) is 9.23. The predicted octanol–water partition coefficient (Wildman–Crippen LogP) is 6.34. The van der Waals surface area contributed by atoms with Crippen molar-refractivity contribution >= 4 is 0 Å². The predicted molar refractivity (Wildman–Crippen MR) is 106 cm³/mol. The third-order valence-corrected chi connectivity index (χ3v) is 2.81. The van der Waals surface area contributed by atoms with Crippen molar-refractivity contribution in [2.75, 3.05) is 0 Å². The Hall–Kier alpha value is -2.00. The number of rotatable bonds is 3. The summed E-state index contributed by atoms with van der Waals surface area (Å²) in [5.74, 6) is 1.78. The van der Waals surface area contributed by atoms with Gasteiger partial charge in [0.1, 0.15) is 17.2 Å². The fourth-order valence-corrected chi connectivity index (χ4v) is 1.95. The molecule has 0 spiro atoms. The van der Waals surface area contributed by atoms with E-state index in [0.717, 1.165) is 22.4 Å². The second kappa shape index (κ2) is 14.6. The number of aryl methyl sites for hydroxylation is 2. The Morgan fingerprint density at radius 3 is 1.62 bits per heavy atom. The molecule has 2 aromatic carbocycles. The van der Waals surface area contributed by atoms with Gasteiger partial charge in [-0.2, -0.15) is 0 Å². The van der Waals surface area contributed by atoms with Crippen molar-refractivity contribution in [1.29, 1.82) is 0 Å². The van der Waals surface area contributed by atoms with Gasteiger partial charge in [-0.25, -0.2) is 0 Å². The lowest BCUT2D eigenvalue weighted by atomic mass is 10.1. The highest BCUT2D eigenvalue weighted by atomic mass is 16.5. The molecule has 0 atom stereocenters. The summed E-state index contributed by atoms with van der Waals surface area (Å²) in [6.07, 6.45) is 0. The van der Waals surface area contributed by atoms with Crippen LogP contribution in [-0.2, 0) is 6.54 Å². The molecule has 0 saturated carbocycles. The zero-order valence-corrected chi connectivity index (χ0v) is 16.6. The van der Waals surface area contributed by atoms with E-state index in [2.05, 4.69) is 0 Å². The zero-order valence-electron chi connectivity index (χ0n) is 16.6. The van der Waals surface area contributed by atoms with Crippen molar-refractivity contribution in [1.82, 2.24) is 0 Å². The van der Waals surface area contributed by atoms with Gasteiger partial charge >= 0.3 is 0 Å². The van der Waals surface area contributed by atoms with Gasteiger partial charge in [-0.15, -0.1) is 0 Å². The van der Waals surface area contributed by atoms with E-state index in [-0.39, 0.29) is 5.75 Å². The summed E-state index contributed by atoms with van der Waals surface area (Å²) in [5.41, 5.74) is 8.86. The molecule has 0 aliphatic heterocycles. The SMILES string of the molecule is CC.CC.CC.Cc1cc(CN)cc(C)c1Oc1ccc(O)cc1. The van der Waals surface area contributed by atoms with Gasteiger partial charge in [-0.05, 0) is 54.8 Å². The molecule has 0 radical (unpaired) electrons. The van der Waals surface area contributed by atoms with E-state index < -0.39 is 0 Å². The molecule has 2 rings (SSSR count). The van der Waals surface area contributed by atoms with Gasteiger partial charge in [0.05, 0.1) is 0 Å². The van der Waals surface area contributed by atoms with Crippen molar-refractivity contribution < 1.29 is 9.84 Å². The van der Waals surface area contributed by atoms with E-state index >= 15 is 0 Å². The summed E-state index contributed by atoms with van der Waals surface area (Å²) in [7, 11) is 0. The molecule has 0 aliphatic rings. The molecule has 0 saturated heterocycles. The van der Waals surface area contributed by atoms with Crippen LogP contribution in [0.3, 0.4) is 0 Å². The maximum atomic E-state index is 9.23. The van der Waals surface area contributed by atoms with Crippen molar-refractivity contribution in [2.24, 2.45) is 5.73 Å². The van der Waals surface area contributed by atoms with E-state index in [1.54, 1.807) is 24.3 Å². The van der Waals surface area contributed by atoms with E-state index in [0.29, 0.717) is 12.3 Å². The van der Waals surface area contributed by atoms with Crippen LogP contribution < -0.4 is 10.5 Å². The van der Waals surface area contributed by atoms with Gasteiger partial charge in [0.25, 0.3) is 0 Å². The van der Waals surface area contributed by atoms with Crippen LogP contribution in [0.5, 0.6) is 17.2 Å². The van der Waals surface area contributed by atoms with Gasteiger partial charge in [-0.3, -0.25) is 0 Å². The lowest BCUT2D eigenvalue weighted by Crippen LogP contribution is -1.99. The minimum absolute atomic E-state index is 0.231. The lowest BCUT2D eigenvalue weighted by Gasteiger charge is -2.13. The van der Waals surface area contributed by atoms with E-state index in [1.807, 2.05) is 67.5 Å². The molecule has 3 nitrogen and oxygen atoms in total. The number of ether oxygens (including phenoxy) is 1. The van der Waals surface area contributed by atoms with Gasteiger partial charge in [0, 0.05) is 6.54 Å². The summed E-state index contributed by atoms with van der Waals surface area (Å²) < 4.78 is 5.84. The van der Waals surface area contributed by atoms with E-state index in [1.165, 1.54) is 0 Å². The van der Waals surface area contributed by atoms with Gasteiger partial charge in [0.2, 0.25) is 0 Å². The monoisotopic (exact) mass is 333 g/mol. The summed E-state index contributed by atoms with van der Waals surface area (Å²) in [6, 6.07) is 10.8. The number of phenols is 1. The third kappa shape index (κ3) is 8.02. The van der Waals surface area contributed by atoms with Crippen LogP contribution in [0.2, 0.25) is 0 Å². The molecule has 2 aromatic rings.